The van der Waals surface area contributed by atoms with Crippen molar-refractivity contribution in [2.75, 3.05) is 6.54 Å². The van der Waals surface area contributed by atoms with Gasteiger partial charge in [-0.15, -0.1) is 0 Å². The van der Waals surface area contributed by atoms with Crippen molar-refractivity contribution in [1.29, 1.82) is 5.26 Å². The van der Waals surface area contributed by atoms with E-state index in [9.17, 15) is 4.79 Å². The van der Waals surface area contributed by atoms with Gasteiger partial charge in [0.25, 0.3) is 5.91 Å². The Balaban J connectivity index is 2.28. The van der Waals surface area contributed by atoms with Crippen LogP contribution in [-0.2, 0) is 0 Å². The van der Waals surface area contributed by atoms with Crippen molar-refractivity contribution in [1.82, 2.24) is 4.90 Å². The normalized spacial score (nSPS) is 11.8. The minimum Gasteiger partial charge on any atom is -0.466 e. The van der Waals surface area contributed by atoms with E-state index in [2.05, 4.69) is 6.07 Å². The lowest BCUT2D eigenvalue weighted by atomic mass is 10.0. The number of carbonyl (C=O) groups excluding carboxylic acids is 1. The van der Waals surface area contributed by atoms with Crippen molar-refractivity contribution in [3.63, 3.8) is 0 Å². The van der Waals surface area contributed by atoms with Crippen LogP contribution in [-0.4, -0.2) is 17.4 Å². The molecule has 0 aliphatic rings. The average Bonchev–Trinajstić information content (AvgIpc) is 2.86. The first-order valence-electron chi connectivity index (χ1n) is 7.36. The van der Waals surface area contributed by atoms with Gasteiger partial charge in [-0.25, -0.2) is 0 Å². The highest BCUT2D eigenvalue weighted by molar-refractivity contribution is 5.95. The molecule has 1 unspecified atom stereocenters. The summed E-state index contributed by atoms with van der Waals surface area (Å²) in [6.07, 6.45) is 0. The maximum absolute atomic E-state index is 12.8. The molecule has 0 radical (unpaired) electrons. The molecule has 1 atom stereocenters. The highest BCUT2D eigenvalue weighted by Gasteiger charge is 2.24. The predicted molar refractivity (Wildman–Crippen MR) is 84.5 cm³/mol. The van der Waals surface area contributed by atoms with Crippen LogP contribution in [0.2, 0.25) is 0 Å². The maximum Gasteiger partial charge on any atom is 0.257 e. The van der Waals surface area contributed by atoms with Crippen molar-refractivity contribution in [3.8, 4) is 6.07 Å². The molecule has 2 rings (SSSR count). The van der Waals surface area contributed by atoms with Crippen LogP contribution in [0.3, 0.4) is 0 Å². The van der Waals surface area contributed by atoms with Gasteiger partial charge in [0, 0.05) is 6.54 Å². The fourth-order valence-electron chi connectivity index (χ4n) is 2.61. The number of benzene rings is 1. The van der Waals surface area contributed by atoms with E-state index in [1.807, 2.05) is 32.9 Å². The van der Waals surface area contributed by atoms with E-state index in [0.717, 1.165) is 11.3 Å². The lowest BCUT2D eigenvalue weighted by Crippen LogP contribution is -2.33. The van der Waals surface area contributed by atoms with Gasteiger partial charge in [-0.05, 0) is 51.5 Å². The summed E-state index contributed by atoms with van der Waals surface area (Å²) in [4.78, 5) is 14.6. The van der Waals surface area contributed by atoms with Crippen LogP contribution in [0, 0.1) is 25.2 Å². The molecular formula is C18H20N2O2. The molecule has 1 aromatic heterocycles. The van der Waals surface area contributed by atoms with Crippen LogP contribution in [0.25, 0.3) is 0 Å². The molecule has 0 N–H and O–H groups in total. The molecule has 22 heavy (non-hydrogen) atoms. The number of hydrogen-bond acceptors (Lipinski definition) is 3. The molecule has 0 fully saturated rings. The van der Waals surface area contributed by atoms with Crippen LogP contribution in [0.5, 0.6) is 0 Å². The molecule has 2 aromatic rings. The molecule has 0 saturated heterocycles. The molecule has 1 heterocycles. The molecular weight excluding hydrogens is 276 g/mol. The van der Waals surface area contributed by atoms with Crippen molar-refractivity contribution in [2.24, 2.45) is 0 Å². The van der Waals surface area contributed by atoms with Gasteiger partial charge in [0.05, 0.1) is 23.2 Å². The van der Waals surface area contributed by atoms with E-state index >= 15 is 0 Å². The van der Waals surface area contributed by atoms with Gasteiger partial charge in [-0.3, -0.25) is 4.79 Å². The van der Waals surface area contributed by atoms with E-state index in [0.29, 0.717) is 23.4 Å². The zero-order valence-electron chi connectivity index (χ0n) is 13.4. The summed E-state index contributed by atoms with van der Waals surface area (Å²) in [5.41, 5.74) is 2.23. The first kappa shape index (κ1) is 15.8. The Hall–Kier alpha value is -2.54. The number of nitriles is 1. The SMILES string of the molecule is CCN(C(=O)c1cc(C)oc1C)C(C)c1ccc(C#N)cc1. The Morgan fingerprint density at radius 3 is 2.41 bits per heavy atom. The van der Waals surface area contributed by atoms with Crippen molar-refractivity contribution >= 4 is 5.91 Å². The minimum absolute atomic E-state index is 0.0336. The second-order valence-electron chi connectivity index (χ2n) is 5.33. The number of carbonyl (C=O) groups is 1. The average molecular weight is 296 g/mol. The van der Waals surface area contributed by atoms with Gasteiger partial charge in [0.2, 0.25) is 0 Å². The van der Waals surface area contributed by atoms with Crippen LogP contribution >= 0.6 is 0 Å². The smallest absolute Gasteiger partial charge is 0.257 e. The molecule has 1 amide bonds. The highest BCUT2D eigenvalue weighted by atomic mass is 16.3. The molecule has 4 nitrogen and oxygen atoms in total. The van der Waals surface area contributed by atoms with Crippen LogP contribution in [0.4, 0.5) is 0 Å². The second kappa shape index (κ2) is 6.48. The number of amides is 1. The van der Waals surface area contributed by atoms with Crippen molar-refractivity contribution in [2.45, 2.75) is 33.7 Å². The zero-order valence-corrected chi connectivity index (χ0v) is 13.4. The van der Waals surface area contributed by atoms with E-state index < -0.39 is 0 Å². The molecule has 0 spiro atoms. The molecule has 0 aliphatic carbocycles. The van der Waals surface area contributed by atoms with E-state index in [1.165, 1.54) is 0 Å². The summed E-state index contributed by atoms with van der Waals surface area (Å²) in [7, 11) is 0. The Kier molecular flexibility index (Phi) is 4.67. The quantitative estimate of drug-likeness (QED) is 0.857. The third-order valence-electron chi connectivity index (χ3n) is 3.86. The Morgan fingerprint density at radius 1 is 1.32 bits per heavy atom. The third kappa shape index (κ3) is 3.04. The zero-order chi connectivity index (χ0) is 16.3. The summed E-state index contributed by atoms with van der Waals surface area (Å²) in [6.45, 7) is 8.19. The summed E-state index contributed by atoms with van der Waals surface area (Å²) < 4.78 is 5.46. The second-order valence-corrected chi connectivity index (χ2v) is 5.33. The lowest BCUT2D eigenvalue weighted by molar-refractivity contribution is 0.0700. The topological polar surface area (TPSA) is 57.2 Å². The largest absolute Gasteiger partial charge is 0.466 e. The molecule has 4 heteroatoms. The van der Waals surface area contributed by atoms with Crippen LogP contribution < -0.4 is 0 Å². The highest BCUT2D eigenvalue weighted by Crippen LogP contribution is 2.24. The van der Waals surface area contributed by atoms with Gasteiger partial charge in [0.1, 0.15) is 11.5 Å². The molecule has 1 aromatic carbocycles. The van der Waals surface area contributed by atoms with Gasteiger partial charge in [-0.2, -0.15) is 5.26 Å². The minimum atomic E-state index is -0.0696. The van der Waals surface area contributed by atoms with Crippen molar-refractivity contribution in [3.05, 3.63) is 58.5 Å². The number of rotatable bonds is 4. The molecule has 0 aliphatic heterocycles. The number of furan rings is 1. The number of hydrogen-bond donors (Lipinski definition) is 0. The fourth-order valence-corrected chi connectivity index (χ4v) is 2.61. The van der Waals surface area contributed by atoms with Gasteiger partial charge >= 0.3 is 0 Å². The van der Waals surface area contributed by atoms with Crippen molar-refractivity contribution < 1.29 is 9.21 Å². The summed E-state index contributed by atoms with van der Waals surface area (Å²) in [5.74, 6) is 1.35. The Labute approximate surface area is 131 Å². The van der Waals surface area contributed by atoms with E-state index in [4.69, 9.17) is 9.68 Å². The Bertz CT molecular complexity index is 708. The van der Waals surface area contributed by atoms with Gasteiger partial charge in [0.15, 0.2) is 0 Å². The molecule has 0 saturated carbocycles. The number of aryl methyl sites for hydroxylation is 2. The summed E-state index contributed by atoms with van der Waals surface area (Å²) in [6, 6.07) is 11.2. The lowest BCUT2D eigenvalue weighted by Gasteiger charge is -2.28. The Morgan fingerprint density at radius 2 is 1.95 bits per heavy atom. The predicted octanol–water partition coefficient (Wildman–Crippen LogP) is 3.99. The summed E-state index contributed by atoms with van der Waals surface area (Å²) in [5, 5.41) is 8.87. The fraction of sp³-hybridized carbons (Fsp3) is 0.333. The first-order chi connectivity index (χ1) is 10.5. The van der Waals surface area contributed by atoms with E-state index in [-0.39, 0.29) is 11.9 Å². The van der Waals surface area contributed by atoms with Crippen LogP contribution in [0.1, 0.15) is 52.9 Å². The molecule has 114 valence electrons. The first-order valence-corrected chi connectivity index (χ1v) is 7.36. The van der Waals surface area contributed by atoms with Gasteiger partial charge in [-0.1, -0.05) is 12.1 Å². The third-order valence-corrected chi connectivity index (χ3v) is 3.86. The summed E-state index contributed by atoms with van der Waals surface area (Å²) >= 11 is 0. The standard InChI is InChI=1S/C18H20N2O2/c1-5-20(18(21)17-10-12(2)22-14(17)4)13(3)16-8-6-15(11-19)7-9-16/h6-10,13H,5H2,1-4H3. The van der Waals surface area contributed by atoms with E-state index in [1.54, 1.807) is 30.0 Å². The van der Waals surface area contributed by atoms with Gasteiger partial charge < -0.3 is 9.32 Å². The monoisotopic (exact) mass is 296 g/mol. The maximum atomic E-state index is 12.8. The number of nitrogens with zero attached hydrogens (tertiary/aromatic N) is 2. The van der Waals surface area contributed by atoms with Crippen LogP contribution in [0.15, 0.2) is 34.7 Å². The molecule has 0 bridgehead atoms.